The third-order valence-corrected chi connectivity index (χ3v) is 2.73. The number of nitrogens with one attached hydrogen (secondary N) is 2. The smallest absolute Gasteiger partial charge is 0.238 e. The van der Waals surface area contributed by atoms with Gasteiger partial charge in [0.25, 0.3) is 0 Å². The molecule has 0 aliphatic carbocycles. The summed E-state index contributed by atoms with van der Waals surface area (Å²) >= 11 is 5.87. The van der Waals surface area contributed by atoms with Gasteiger partial charge < -0.3 is 15.7 Å². The van der Waals surface area contributed by atoms with E-state index in [2.05, 4.69) is 10.6 Å². The van der Waals surface area contributed by atoms with Crippen molar-refractivity contribution in [1.29, 1.82) is 0 Å². The lowest BCUT2D eigenvalue weighted by Gasteiger charge is -2.10. The highest BCUT2D eigenvalue weighted by atomic mass is 35.5. The van der Waals surface area contributed by atoms with Crippen LogP contribution >= 0.6 is 11.6 Å². The Morgan fingerprint density at radius 1 is 1.50 bits per heavy atom. The molecule has 0 bridgehead atoms. The Hall–Kier alpha value is -1.10. The molecule has 1 amide bonds. The summed E-state index contributed by atoms with van der Waals surface area (Å²) in [5, 5.41) is 15.4. The van der Waals surface area contributed by atoms with Gasteiger partial charge in [0.05, 0.1) is 12.6 Å². The SMILES string of the molecule is Cc1ccc(Cl)cc1NC(=O)CNCCC(C)O. The van der Waals surface area contributed by atoms with Crippen molar-refractivity contribution in [2.45, 2.75) is 26.4 Å². The Morgan fingerprint density at radius 3 is 2.89 bits per heavy atom. The van der Waals surface area contributed by atoms with Crippen LogP contribution in [0.3, 0.4) is 0 Å². The van der Waals surface area contributed by atoms with E-state index in [0.717, 1.165) is 11.3 Å². The lowest BCUT2D eigenvalue weighted by Crippen LogP contribution is -2.30. The van der Waals surface area contributed by atoms with Crippen molar-refractivity contribution in [3.8, 4) is 0 Å². The van der Waals surface area contributed by atoms with E-state index in [1.165, 1.54) is 0 Å². The second-order valence-corrected chi connectivity index (χ2v) is 4.76. The average molecular weight is 271 g/mol. The molecule has 1 atom stereocenters. The minimum atomic E-state index is -0.351. The molecule has 0 aromatic heterocycles. The summed E-state index contributed by atoms with van der Waals surface area (Å²) in [6, 6.07) is 5.37. The van der Waals surface area contributed by atoms with Gasteiger partial charge in [0.1, 0.15) is 0 Å². The molecular formula is C13H19ClN2O2. The predicted octanol–water partition coefficient (Wildman–Crippen LogP) is 1.95. The van der Waals surface area contributed by atoms with Crippen LogP contribution in [0, 0.1) is 6.92 Å². The fourth-order valence-corrected chi connectivity index (χ4v) is 1.61. The van der Waals surface area contributed by atoms with Crippen LogP contribution in [-0.2, 0) is 4.79 Å². The van der Waals surface area contributed by atoms with Gasteiger partial charge in [-0.05, 0) is 44.5 Å². The maximum Gasteiger partial charge on any atom is 0.238 e. The van der Waals surface area contributed by atoms with Crippen LogP contribution in [0.25, 0.3) is 0 Å². The largest absolute Gasteiger partial charge is 0.393 e. The molecule has 5 heteroatoms. The summed E-state index contributed by atoms with van der Waals surface area (Å²) in [7, 11) is 0. The lowest BCUT2D eigenvalue weighted by molar-refractivity contribution is -0.115. The van der Waals surface area contributed by atoms with Crippen molar-refractivity contribution in [2.75, 3.05) is 18.4 Å². The fraction of sp³-hybridized carbons (Fsp3) is 0.462. The Morgan fingerprint density at radius 2 is 2.22 bits per heavy atom. The Balaban J connectivity index is 2.38. The third-order valence-electron chi connectivity index (χ3n) is 2.50. The molecule has 1 rings (SSSR count). The Bertz CT molecular complexity index is 408. The Labute approximate surface area is 112 Å². The number of benzene rings is 1. The zero-order chi connectivity index (χ0) is 13.5. The molecule has 0 radical (unpaired) electrons. The number of amides is 1. The van der Waals surface area contributed by atoms with Gasteiger partial charge in [0, 0.05) is 10.7 Å². The second-order valence-electron chi connectivity index (χ2n) is 4.32. The first-order valence-corrected chi connectivity index (χ1v) is 6.31. The molecule has 4 nitrogen and oxygen atoms in total. The number of anilines is 1. The number of aliphatic hydroxyl groups excluding tert-OH is 1. The summed E-state index contributed by atoms with van der Waals surface area (Å²) in [4.78, 5) is 11.6. The fourth-order valence-electron chi connectivity index (χ4n) is 1.44. The highest BCUT2D eigenvalue weighted by molar-refractivity contribution is 6.31. The molecular weight excluding hydrogens is 252 g/mol. The molecule has 0 saturated carbocycles. The van der Waals surface area contributed by atoms with Crippen molar-refractivity contribution in [1.82, 2.24) is 5.32 Å². The molecule has 0 saturated heterocycles. The number of hydrogen-bond acceptors (Lipinski definition) is 3. The molecule has 1 aromatic rings. The van der Waals surface area contributed by atoms with Crippen molar-refractivity contribution in [3.05, 3.63) is 28.8 Å². The second kappa shape index (κ2) is 7.36. The van der Waals surface area contributed by atoms with Crippen molar-refractivity contribution in [3.63, 3.8) is 0 Å². The number of aryl methyl sites for hydroxylation is 1. The summed E-state index contributed by atoms with van der Waals surface area (Å²) in [6.07, 6.45) is 0.277. The van der Waals surface area contributed by atoms with Crippen LogP contribution in [0.2, 0.25) is 5.02 Å². The minimum absolute atomic E-state index is 0.119. The van der Waals surface area contributed by atoms with Crippen LogP contribution in [-0.4, -0.2) is 30.2 Å². The number of carbonyl (C=O) groups is 1. The van der Waals surface area contributed by atoms with Crippen LogP contribution in [0.4, 0.5) is 5.69 Å². The normalized spacial score (nSPS) is 12.2. The lowest BCUT2D eigenvalue weighted by atomic mass is 10.2. The van der Waals surface area contributed by atoms with Crippen LogP contribution < -0.4 is 10.6 Å². The Kier molecular flexibility index (Phi) is 6.12. The number of rotatable bonds is 6. The van der Waals surface area contributed by atoms with E-state index in [4.69, 9.17) is 16.7 Å². The van der Waals surface area contributed by atoms with E-state index < -0.39 is 0 Å². The molecule has 100 valence electrons. The van der Waals surface area contributed by atoms with E-state index in [9.17, 15) is 4.79 Å². The number of carbonyl (C=O) groups excluding carboxylic acids is 1. The van der Waals surface area contributed by atoms with Gasteiger partial charge in [-0.15, -0.1) is 0 Å². The maximum absolute atomic E-state index is 11.6. The molecule has 0 spiro atoms. The first-order chi connectivity index (χ1) is 8.49. The van der Waals surface area contributed by atoms with E-state index >= 15 is 0 Å². The van der Waals surface area contributed by atoms with Crippen molar-refractivity contribution in [2.24, 2.45) is 0 Å². The molecule has 1 aromatic carbocycles. The molecule has 0 heterocycles. The van der Waals surface area contributed by atoms with Crippen LogP contribution in [0.1, 0.15) is 18.9 Å². The molecule has 1 unspecified atom stereocenters. The van der Waals surface area contributed by atoms with E-state index in [-0.39, 0.29) is 18.6 Å². The summed E-state index contributed by atoms with van der Waals surface area (Å²) < 4.78 is 0. The number of hydrogen-bond donors (Lipinski definition) is 3. The molecule has 18 heavy (non-hydrogen) atoms. The predicted molar refractivity (Wildman–Crippen MR) is 74.0 cm³/mol. The summed E-state index contributed by atoms with van der Waals surface area (Å²) in [6.45, 7) is 4.46. The summed E-state index contributed by atoms with van der Waals surface area (Å²) in [5.41, 5.74) is 1.70. The summed E-state index contributed by atoms with van der Waals surface area (Å²) in [5.74, 6) is -0.119. The third kappa shape index (κ3) is 5.49. The molecule has 3 N–H and O–H groups in total. The van der Waals surface area contributed by atoms with Gasteiger partial charge in [0.2, 0.25) is 5.91 Å². The van der Waals surface area contributed by atoms with Crippen molar-refractivity contribution >= 4 is 23.2 Å². The quantitative estimate of drug-likeness (QED) is 0.693. The van der Waals surface area contributed by atoms with E-state index in [0.29, 0.717) is 18.0 Å². The molecule has 0 fully saturated rings. The number of halogens is 1. The van der Waals surface area contributed by atoms with E-state index in [1.54, 1.807) is 19.1 Å². The van der Waals surface area contributed by atoms with Crippen LogP contribution in [0.5, 0.6) is 0 Å². The first kappa shape index (κ1) is 15.0. The van der Waals surface area contributed by atoms with Gasteiger partial charge in [-0.3, -0.25) is 4.79 Å². The maximum atomic E-state index is 11.6. The molecule has 0 aliphatic rings. The average Bonchev–Trinajstić information content (AvgIpc) is 2.29. The standard InChI is InChI=1S/C13H19ClN2O2/c1-9-3-4-11(14)7-12(9)16-13(18)8-15-6-5-10(2)17/h3-4,7,10,15,17H,5-6,8H2,1-2H3,(H,16,18). The van der Waals surface area contributed by atoms with Gasteiger partial charge in [0.15, 0.2) is 0 Å². The van der Waals surface area contributed by atoms with Crippen molar-refractivity contribution < 1.29 is 9.90 Å². The van der Waals surface area contributed by atoms with Gasteiger partial charge in [-0.1, -0.05) is 17.7 Å². The van der Waals surface area contributed by atoms with Crippen LogP contribution in [0.15, 0.2) is 18.2 Å². The molecule has 0 aliphatic heterocycles. The zero-order valence-electron chi connectivity index (χ0n) is 10.7. The zero-order valence-corrected chi connectivity index (χ0v) is 11.4. The highest BCUT2D eigenvalue weighted by Crippen LogP contribution is 2.19. The van der Waals surface area contributed by atoms with Gasteiger partial charge in [-0.25, -0.2) is 0 Å². The number of aliphatic hydroxyl groups is 1. The van der Waals surface area contributed by atoms with E-state index in [1.807, 2.05) is 13.0 Å². The van der Waals surface area contributed by atoms with Gasteiger partial charge in [-0.2, -0.15) is 0 Å². The first-order valence-electron chi connectivity index (χ1n) is 5.94. The minimum Gasteiger partial charge on any atom is -0.393 e. The highest BCUT2D eigenvalue weighted by Gasteiger charge is 2.05. The van der Waals surface area contributed by atoms with Gasteiger partial charge >= 0.3 is 0 Å². The topological polar surface area (TPSA) is 61.4 Å². The monoisotopic (exact) mass is 270 g/mol.